The second kappa shape index (κ2) is 7.14. The number of hydrogen-bond acceptors (Lipinski definition) is 5. The summed E-state index contributed by atoms with van der Waals surface area (Å²) in [5, 5.41) is 12.7. The highest BCUT2D eigenvalue weighted by Crippen LogP contribution is 2.05. The molecule has 15 heavy (non-hydrogen) atoms. The Morgan fingerprint density at radius 3 is 2.47 bits per heavy atom. The Morgan fingerprint density at radius 1 is 1.33 bits per heavy atom. The van der Waals surface area contributed by atoms with Gasteiger partial charge < -0.3 is 24.6 Å². The van der Waals surface area contributed by atoms with Crippen LogP contribution >= 0.6 is 0 Å². The summed E-state index contributed by atoms with van der Waals surface area (Å²) in [6.07, 6.45) is -0.665. The molecule has 0 spiro atoms. The van der Waals surface area contributed by atoms with Crippen molar-refractivity contribution in [1.82, 2.24) is 5.32 Å². The molecule has 5 heteroatoms. The van der Waals surface area contributed by atoms with Gasteiger partial charge >= 0.3 is 0 Å². The molecule has 0 radical (unpaired) electrons. The first-order valence-corrected chi connectivity index (χ1v) is 5.50. The summed E-state index contributed by atoms with van der Waals surface area (Å²) in [5.74, 6) is 0. The van der Waals surface area contributed by atoms with Crippen LogP contribution in [0.3, 0.4) is 0 Å². The molecule has 1 fully saturated rings. The molecule has 1 saturated heterocycles. The summed E-state index contributed by atoms with van der Waals surface area (Å²) in [4.78, 5) is 0. The van der Waals surface area contributed by atoms with Crippen LogP contribution in [-0.4, -0.2) is 56.5 Å². The molecule has 0 unspecified atom stereocenters. The van der Waals surface area contributed by atoms with Crippen LogP contribution < -0.4 is 5.32 Å². The maximum Gasteiger partial charge on any atom is 0.169 e. The third kappa shape index (κ3) is 4.44. The van der Waals surface area contributed by atoms with Crippen molar-refractivity contribution in [1.29, 1.82) is 0 Å². The standard InChI is InChI=1S/C10H21NO4/c1-3-14-10(15-4-2)5-11-8-6-13-7-9(8)12/h8-12H,3-7H2,1-2H3/t8-,9-/m1/s1. The van der Waals surface area contributed by atoms with E-state index in [0.717, 1.165) is 0 Å². The monoisotopic (exact) mass is 219 g/mol. The number of rotatable bonds is 7. The summed E-state index contributed by atoms with van der Waals surface area (Å²) in [7, 11) is 0. The van der Waals surface area contributed by atoms with Gasteiger partial charge in [0.2, 0.25) is 0 Å². The third-order valence-electron chi connectivity index (χ3n) is 2.30. The van der Waals surface area contributed by atoms with Gasteiger partial charge in [0, 0.05) is 19.8 Å². The van der Waals surface area contributed by atoms with Gasteiger partial charge in [0.1, 0.15) is 0 Å². The topological polar surface area (TPSA) is 60.0 Å². The smallest absolute Gasteiger partial charge is 0.169 e. The lowest BCUT2D eigenvalue weighted by Gasteiger charge is -2.21. The van der Waals surface area contributed by atoms with Crippen molar-refractivity contribution >= 4 is 0 Å². The van der Waals surface area contributed by atoms with Gasteiger partial charge in [-0.1, -0.05) is 0 Å². The minimum atomic E-state index is -0.422. The van der Waals surface area contributed by atoms with Gasteiger partial charge in [-0.25, -0.2) is 0 Å². The van der Waals surface area contributed by atoms with E-state index in [1.807, 2.05) is 13.8 Å². The average Bonchev–Trinajstić information content (AvgIpc) is 2.61. The Hall–Kier alpha value is -0.200. The Labute approximate surface area is 90.7 Å². The Morgan fingerprint density at radius 2 is 2.00 bits per heavy atom. The zero-order valence-electron chi connectivity index (χ0n) is 9.44. The van der Waals surface area contributed by atoms with Crippen LogP contribution in [-0.2, 0) is 14.2 Å². The van der Waals surface area contributed by atoms with E-state index in [9.17, 15) is 5.11 Å². The highest BCUT2D eigenvalue weighted by atomic mass is 16.7. The molecule has 0 aromatic heterocycles. The molecule has 1 aliphatic heterocycles. The van der Waals surface area contributed by atoms with Gasteiger partial charge in [0.15, 0.2) is 6.29 Å². The molecule has 5 nitrogen and oxygen atoms in total. The molecule has 0 bridgehead atoms. The first-order chi connectivity index (χ1) is 7.27. The van der Waals surface area contributed by atoms with Gasteiger partial charge in [-0.15, -0.1) is 0 Å². The molecule has 2 N–H and O–H groups in total. The fraction of sp³-hybridized carbons (Fsp3) is 1.00. The summed E-state index contributed by atoms with van der Waals surface area (Å²) < 4.78 is 15.9. The van der Waals surface area contributed by atoms with Gasteiger partial charge in [0.25, 0.3) is 0 Å². The predicted octanol–water partition coefficient (Wildman–Crippen LogP) is -0.265. The van der Waals surface area contributed by atoms with Gasteiger partial charge in [0.05, 0.1) is 25.4 Å². The zero-order valence-corrected chi connectivity index (χ0v) is 9.44. The van der Waals surface area contributed by atoms with E-state index in [1.54, 1.807) is 0 Å². The van der Waals surface area contributed by atoms with Crippen molar-refractivity contribution in [2.75, 3.05) is 33.0 Å². The van der Waals surface area contributed by atoms with Crippen molar-refractivity contribution in [3.63, 3.8) is 0 Å². The van der Waals surface area contributed by atoms with Crippen molar-refractivity contribution in [3.05, 3.63) is 0 Å². The molecule has 0 saturated carbocycles. The molecular formula is C10H21NO4. The van der Waals surface area contributed by atoms with Crippen LogP contribution in [0.2, 0.25) is 0 Å². The van der Waals surface area contributed by atoms with Gasteiger partial charge in [-0.2, -0.15) is 0 Å². The summed E-state index contributed by atoms with van der Waals surface area (Å²) >= 11 is 0. The minimum absolute atomic E-state index is 0.00610. The lowest BCUT2D eigenvalue weighted by molar-refractivity contribution is -0.134. The molecule has 90 valence electrons. The van der Waals surface area contributed by atoms with E-state index in [0.29, 0.717) is 33.0 Å². The highest BCUT2D eigenvalue weighted by molar-refractivity contribution is 4.80. The quantitative estimate of drug-likeness (QED) is 0.577. The van der Waals surface area contributed by atoms with Crippen LogP contribution in [0.25, 0.3) is 0 Å². The van der Waals surface area contributed by atoms with Crippen LogP contribution in [0.5, 0.6) is 0 Å². The predicted molar refractivity (Wildman–Crippen MR) is 55.7 cm³/mol. The summed E-state index contributed by atoms with van der Waals surface area (Å²) in [5.41, 5.74) is 0. The Balaban J connectivity index is 2.19. The summed E-state index contributed by atoms with van der Waals surface area (Å²) in [6, 6.07) is -0.00610. The van der Waals surface area contributed by atoms with E-state index in [4.69, 9.17) is 14.2 Å². The second-order valence-electron chi connectivity index (χ2n) is 3.46. The molecule has 1 aliphatic rings. The Bertz CT molecular complexity index is 162. The largest absolute Gasteiger partial charge is 0.389 e. The van der Waals surface area contributed by atoms with E-state index >= 15 is 0 Å². The normalized spacial score (nSPS) is 26.4. The maximum absolute atomic E-state index is 9.49. The molecule has 1 heterocycles. The molecule has 0 amide bonds. The minimum Gasteiger partial charge on any atom is -0.389 e. The fourth-order valence-electron chi connectivity index (χ4n) is 1.52. The molecule has 1 rings (SSSR count). The highest BCUT2D eigenvalue weighted by Gasteiger charge is 2.26. The van der Waals surface area contributed by atoms with Crippen LogP contribution in [0.1, 0.15) is 13.8 Å². The maximum atomic E-state index is 9.49. The Kier molecular flexibility index (Phi) is 6.12. The lowest BCUT2D eigenvalue weighted by atomic mass is 10.2. The molecular weight excluding hydrogens is 198 g/mol. The molecule has 0 aromatic carbocycles. The van der Waals surface area contributed by atoms with E-state index in [-0.39, 0.29) is 12.3 Å². The molecule has 2 atom stereocenters. The van der Waals surface area contributed by atoms with E-state index in [2.05, 4.69) is 5.32 Å². The molecule has 0 aliphatic carbocycles. The first kappa shape index (κ1) is 12.9. The fourth-order valence-corrected chi connectivity index (χ4v) is 1.52. The third-order valence-corrected chi connectivity index (χ3v) is 2.30. The van der Waals surface area contributed by atoms with Crippen molar-refractivity contribution in [2.24, 2.45) is 0 Å². The van der Waals surface area contributed by atoms with Crippen LogP contribution in [0.15, 0.2) is 0 Å². The van der Waals surface area contributed by atoms with Gasteiger partial charge in [-0.3, -0.25) is 0 Å². The molecule has 0 aromatic rings. The number of hydrogen-bond donors (Lipinski definition) is 2. The lowest BCUT2D eigenvalue weighted by Crippen LogP contribution is -2.43. The van der Waals surface area contributed by atoms with E-state index < -0.39 is 6.10 Å². The van der Waals surface area contributed by atoms with Crippen LogP contribution in [0, 0.1) is 0 Å². The first-order valence-electron chi connectivity index (χ1n) is 5.50. The summed E-state index contributed by atoms with van der Waals surface area (Å²) in [6.45, 7) is 6.63. The van der Waals surface area contributed by atoms with E-state index in [1.165, 1.54) is 0 Å². The zero-order chi connectivity index (χ0) is 11.1. The number of ether oxygens (including phenoxy) is 3. The average molecular weight is 219 g/mol. The SMILES string of the molecule is CCOC(CN[C@@H]1COC[C@H]1O)OCC. The second-order valence-corrected chi connectivity index (χ2v) is 3.46. The van der Waals surface area contributed by atoms with Gasteiger partial charge in [-0.05, 0) is 13.8 Å². The van der Waals surface area contributed by atoms with Crippen molar-refractivity contribution in [3.8, 4) is 0 Å². The van der Waals surface area contributed by atoms with Crippen LogP contribution in [0.4, 0.5) is 0 Å². The number of nitrogens with one attached hydrogen (secondary N) is 1. The van der Waals surface area contributed by atoms with Crippen molar-refractivity contribution < 1.29 is 19.3 Å². The van der Waals surface area contributed by atoms with Crippen molar-refractivity contribution in [2.45, 2.75) is 32.3 Å². The number of aliphatic hydroxyl groups is 1. The number of aliphatic hydroxyl groups excluding tert-OH is 1.